The van der Waals surface area contributed by atoms with Gasteiger partial charge >= 0.3 is 0 Å². The third-order valence-corrected chi connectivity index (χ3v) is 3.94. The van der Waals surface area contributed by atoms with Crippen LogP contribution in [0.4, 0.5) is 14.5 Å². The molecule has 0 aliphatic heterocycles. The molecule has 1 fully saturated rings. The minimum atomic E-state index is -0.458. The first kappa shape index (κ1) is 16.2. The largest absolute Gasteiger partial charge is 0.364 e. The van der Waals surface area contributed by atoms with Crippen molar-refractivity contribution < 1.29 is 8.78 Å². The molecular formula is C17H26F2N2. The van der Waals surface area contributed by atoms with E-state index in [9.17, 15) is 8.78 Å². The Morgan fingerprint density at radius 2 is 1.81 bits per heavy atom. The molecule has 1 aromatic carbocycles. The maximum atomic E-state index is 14.4. The first-order valence-electron chi connectivity index (χ1n) is 7.92. The van der Waals surface area contributed by atoms with Gasteiger partial charge in [-0.05, 0) is 49.3 Å². The zero-order valence-corrected chi connectivity index (χ0v) is 13.2. The first-order valence-corrected chi connectivity index (χ1v) is 7.92. The summed E-state index contributed by atoms with van der Waals surface area (Å²) >= 11 is 0. The van der Waals surface area contributed by atoms with Crippen molar-refractivity contribution in [1.29, 1.82) is 0 Å². The molecule has 0 aromatic heterocycles. The van der Waals surface area contributed by atoms with Gasteiger partial charge in [0.25, 0.3) is 0 Å². The van der Waals surface area contributed by atoms with E-state index in [1.807, 2.05) is 11.8 Å². The standard InChI is InChI=1S/C17H26F2N2/c1-4-13(20)7-12-8-15(18)17(16(19)9-12)21(10-11(2)3)14-5-6-14/h8-9,11,13-14H,4-7,10,20H2,1-3H3. The average molecular weight is 296 g/mol. The maximum Gasteiger partial charge on any atom is 0.149 e. The van der Waals surface area contributed by atoms with Crippen LogP contribution in [0, 0.1) is 17.6 Å². The highest BCUT2D eigenvalue weighted by Crippen LogP contribution is 2.36. The predicted octanol–water partition coefficient (Wildman–Crippen LogP) is 3.87. The monoisotopic (exact) mass is 296 g/mol. The summed E-state index contributed by atoms with van der Waals surface area (Å²) in [4.78, 5) is 1.90. The summed E-state index contributed by atoms with van der Waals surface area (Å²) in [5, 5.41) is 0. The van der Waals surface area contributed by atoms with Crippen molar-refractivity contribution >= 4 is 5.69 Å². The van der Waals surface area contributed by atoms with E-state index in [1.54, 1.807) is 0 Å². The third kappa shape index (κ3) is 4.16. The van der Waals surface area contributed by atoms with Crippen LogP contribution in [0.15, 0.2) is 12.1 Å². The molecular weight excluding hydrogens is 270 g/mol. The van der Waals surface area contributed by atoms with Gasteiger partial charge in [0, 0.05) is 18.6 Å². The van der Waals surface area contributed by atoms with Crippen LogP contribution >= 0.6 is 0 Å². The second-order valence-corrected chi connectivity index (χ2v) is 6.56. The van der Waals surface area contributed by atoms with Crippen LogP contribution < -0.4 is 10.6 Å². The fraction of sp³-hybridized carbons (Fsp3) is 0.647. The highest BCUT2D eigenvalue weighted by Gasteiger charge is 2.33. The molecule has 1 aliphatic carbocycles. The number of hydrogen-bond donors (Lipinski definition) is 1. The topological polar surface area (TPSA) is 29.3 Å². The van der Waals surface area contributed by atoms with Gasteiger partial charge in [-0.2, -0.15) is 0 Å². The van der Waals surface area contributed by atoms with E-state index in [0.29, 0.717) is 30.5 Å². The Hall–Kier alpha value is -1.16. The van der Waals surface area contributed by atoms with Crippen LogP contribution in [0.1, 0.15) is 45.6 Å². The summed E-state index contributed by atoms with van der Waals surface area (Å²) in [6.45, 7) is 6.80. The summed E-state index contributed by atoms with van der Waals surface area (Å²) in [6, 6.07) is 3.14. The van der Waals surface area contributed by atoms with Crippen molar-refractivity contribution in [1.82, 2.24) is 0 Å². The minimum Gasteiger partial charge on any atom is -0.364 e. The van der Waals surface area contributed by atoms with Crippen LogP contribution in [0.5, 0.6) is 0 Å². The molecule has 0 bridgehead atoms. The van der Waals surface area contributed by atoms with E-state index in [1.165, 1.54) is 12.1 Å². The number of nitrogens with two attached hydrogens (primary N) is 1. The Labute approximate surface area is 126 Å². The Balaban J connectivity index is 2.26. The lowest BCUT2D eigenvalue weighted by Gasteiger charge is -2.28. The third-order valence-electron chi connectivity index (χ3n) is 3.94. The molecule has 2 N–H and O–H groups in total. The van der Waals surface area contributed by atoms with Gasteiger partial charge in [-0.25, -0.2) is 8.78 Å². The van der Waals surface area contributed by atoms with E-state index in [2.05, 4.69) is 13.8 Å². The normalized spacial score (nSPS) is 16.3. The summed E-state index contributed by atoms with van der Waals surface area (Å²) < 4.78 is 28.9. The molecule has 0 amide bonds. The molecule has 1 aromatic rings. The molecule has 21 heavy (non-hydrogen) atoms. The predicted molar refractivity (Wildman–Crippen MR) is 83.5 cm³/mol. The minimum absolute atomic E-state index is 0.0511. The van der Waals surface area contributed by atoms with Crippen molar-refractivity contribution in [2.45, 2.75) is 58.5 Å². The number of rotatable bonds is 7. The second-order valence-electron chi connectivity index (χ2n) is 6.56. The molecule has 2 rings (SSSR count). The van der Waals surface area contributed by atoms with Crippen LogP contribution in [0.2, 0.25) is 0 Å². The summed E-state index contributed by atoms with van der Waals surface area (Å²) in [7, 11) is 0. The van der Waals surface area contributed by atoms with Gasteiger partial charge in [0.2, 0.25) is 0 Å². The van der Waals surface area contributed by atoms with Gasteiger partial charge < -0.3 is 10.6 Å². The van der Waals surface area contributed by atoms with Crippen molar-refractivity contribution in [3.8, 4) is 0 Å². The average Bonchev–Trinajstić information content (AvgIpc) is 3.20. The van der Waals surface area contributed by atoms with E-state index in [-0.39, 0.29) is 11.7 Å². The van der Waals surface area contributed by atoms with Gasteiger partial charge in [-0.15, -0.1) is 0 Å². The summed E-state index contributed by atoms with van der Waals surface area (Å²) in [5.41, 5.74) is 6.65. The lowest BCUT2D eigenvalue weighted by Crippen LogP contribution is -2.31. The molecule has 1 aliphatic rings. The first-order chi connectivity index (χ1) is 9.92. The fourth-order valence-electron chi connectivity index (χ4n) is 2.66. The van der Waals surface area contributed by atoms with E-state index in [0.717, 1.165) is 19.3 Å². The van der Waals surface area contributed by atoms with Crippen LogP contribution in [0.3, 0.4) is 0 Å². The van der Waals surface area contributed by atoms with Crippen molar-refractivity contribution in [3.63, 3.8) is 0 Å². The molecule has 0 heterocycles. The number of hydrogen-bond acceptors (Lipinski definition) is 2. The molecule has 0 saturated heterocycles. The van der Waals surface area contributed by atoms with Gasteiger partial charge in [0.05, 0.1) is 0 Å². The summed E-state index contributed by atoms with van der Waals surface area (Å²) in [5.74, 6) is -0.542. The smallest absolute Gasteiger partial charge is 0.149 e. The fourth-order valence-corrected chi connectivity index (χ4v) is 2.66. The van der Waals surface area contributed by atoms with Crippen molar-refractivity contribution in [3.05, 3.63) is 29.3 Å². The number of benzene rings is 1. The van der Waals surface area contributed by atoms with Gasteiger partial charge in [0.15, 0.2) is 0 Å². The quantitative estimate of drug-likeness (QED) is 0.827. The zero-order valence-electron chi connectivity index (χ0n) is 13.2. The molecule has 2 nitrogen and oxygen atoms in total. The molecule has 118 valence electrons. The van der Waals surface area contributed by atoms with Crippen LogP contribution in [-0.4, -0.2) is 18.6 Å². The summed E-state index contributed by atoms with van der Waals surface area (Å²) in [6.07, 6.45) is 3.35. The van der Waals surface area contributed by atoms with Crippen molar-refractivity contribution in [2.75, 3.05) is 11.4 Å². The number of anilines is 1. The van der Waals surface area contributed by atoms with E-state index < -0.39 is 11.6 Å². The van der Waals surface area contributed by atoms with Gasteiger partial charge in [0.1, 0.15) is 17.3 Å². The zero-order chi connectivity index (χ0) is 15.6. The molecule has 1 unspecified atom stereocenters. The Bertz CT molecular complexity index is 461. The molecule has 0 radical (unpaired) electrons. The molecule has 1 saturated carbocycles. The molecule has 4 heteroatoms. The maximum absolute atomic E-state index is 14.4. The second kappa shape index (κ2) is 6.73. The highest BCUT2D eigenvalue weighted by molar-refractivity contribution is 5.52. The Kier molecular flexibility index (Phi) is 5.20. The SMILES string of the molecule is CCC(N)Cc1cc(F)c(N(CC(C)C)C2CC2)c(F)c1. The lowest BCUT2D eigenvalue weighted by molar-refractivity contribution is 0.540. The molecule has 1 atom stereocenters. The molecule has 0 spiro atoms. The Morgan fingerprint density at radius 3 is 2.24 bits per heavy atom. The lowest BCUT2D eigenvalue weighted by atomic mass is 10.0. The van der Waals surface area contributed by atoms with Crippen LogP contribution in [0.25, 0.3) is 0 Å². The number of halogens is 2. The van der Waals surface area contributed by atoms with E-state index in [4.69, 9.17) is 5.73 Å². The van der Waals surface area contributed by atoms with Crippen molar-refractivity contribution in [2.24, 2.45) is 11.7 Å². The highest BCUT2D eigenvalue weighted by atomic mass is 19.1. The van der Waals surface area contributed by atoms with Crippen LogP contribution in [-0.2, 0) is 6.42 Å². The van der Waals surface area contributed by atoms with E-state index >= 15 is 0 Å². The Morgan fingerprint density at radius 1 is 1.24 bits per heavy atom. The van der Waals surface area contributed by atoms with Gasteiger partial charge in [-0.3, -0.25) is 0 Å². The number of nitrogens with zero attached hydrogens (tertiary/aromatic N) is 1. The van der Waals surface area contributed by atoms with Gasteiger partial charge in [-0.1, -0.05) is 20.8 Å².